The molecule has 0 spiro atoms. The Balaban J connectivity index is 1.81. The van der Waals surface area contributed by atoms with Crippen molar-refractivity contribution in [3.63, 3.8) is 0 Å². The lowest BCUT2D eigenvalue weighted by Gasteiger charge is -2.41. The van der Waals surface area contributed by atoms with E-state index in [0.29, 0.717) is 24.3 Å². The van der Waals surface area contributed by atoms with Gasteiger partial charge in [-0.15, -0.1) is 0 Å². The molecule has 0 unspecified atom stereocenters. The molecule has 3 N–H and O–H groups in total. The number of aliphatic hydroxyl groups excluding tert-OH is 1. The number of carbonyl (C=O) groups is 5. The fourth-order valence-electron chi connectivity index (χ4n) is 8.73. The van der Waals surface area contributed by atoms with Crippen LogP contribution in [0, 0.1) is 29.6 Å². The first kappa shape index (κ1) is 49.6. The Labute approximate surface area is 353 Å². The number of rotatable bonds is 20. The average Bonchev–Trinajstić information content (AvgIpc) is 3.83. The van der Waals surface area contributed by atoms with Crippen molar-refractivity contribution in [2.24, 2.45) is 29.6 Å². The van der Waals surface area contributed by atoms with E-state index in [-0.39, 0.29) is 54.0 Å². The highest BCUT2D eigenvalue weighted by atomic mass is 16.6. The molecule has 1 aliphatic carbocycles. The molecule has 0 aromatic heterocycles. The SMILES string of the molecule is CC[C@H](C)[C@@H]([C@@H](CC(=O)N1[C@H]2C[C@H]2C[C@H]1[C@H](OC)[C@@H](C)C(=O)N[C@H](C)[C@@H](O)c1ccccc1)OC)N(C)C(=O)[C@@H](NC(=O)[C@H](C(C)C)N(C)C(=O)OC(C)(C)C)C(C)C. The van der Waals surface area contributed by atoms with Gasteiger partial charge in [0.15, 0.2) is 0 Å². The predicted octanol–water partition coefficient (Wildman–Crippen LogP) is 5.18. The van der Waals surface area contributed by atoms with Crippen molar-refractivity contribution >= 4 is 29.7 Å². The Hall–Kier alpha value is -3.75. The predicted molar refractivity (Wildman–Crippen MR) is 227 cm³/mol. The summed E-state index contributed by atoms with van der Waals surface area (Å²) in [5.41, 5.74) is -0.0530. The molecule has 12 atom stereocenters. The molecule has 3 rings (SSSR count). The summed E-state index contributed by atoms with van der Waals surface area (Å²) >= 11 is 0. The molecular formula is C45H75N5O9. The number of aliphatic hydroxyl groups is 1. The standard InChI is InChI=1S/C45H75N5O9/c1-16-27(6)38(48(12)43(55)36(25(2)3)47-42(54)37(26(4)5)49(13)44(56)59-45(9,10)11)34(57-14)24-35(51)50-32-22-31(32)23-33(50)40(58-15)28(7)41(53)46-29(8)39(52)30-20-18-17-19-21-30/h17-21,25-29,31-34,36-40,52H,16,22-24H2,1-15H3,(H,46,53)(H,47,54)/t27-,28+,29+,31-,32-,33-,34+,36-,37-,38-,39+,40+/m0/s1. The van der Waals surface area contributed by atoms with E-state index in [4.69, 9.17) is 14.2 Å². The number of likely N-dealkylation sites (tertiary alicyclic amines) is 1. The molecule has 14 nitrogen and oxygen atoms in total. The highest BCUT2D eigenvalue weighted by Gasteiger charge is 2.57. The van der Waals surface area contributed by atoms with Gasteiger partial charge in [-0.05, 0) is 69.8 Å². The Kier molecular flexibility index (Phi) is 17.8. The Bertz CT molecular complexity index is 1570. The maximum absolute atomic E-state index is 14.5. The quantitative estimate of drug-likeness (QED) is 0.161. The minimum atomic E-state index is -0.928. The van der Waals surface area contributed by atoms with Gasteiger partial charge in [0.25, 0.3) is 0 Å². The lowest BCUT2D eigenvalue weighted by molar-refractivity contribution is -0.149. The molecule has 5 amide bonds. The van der Waals surface area contributed by atoms with Gasteiger partial charge in [-0.3, -0.25) is 24.1 Å². The van der Waals surface area contributed by atoms with Gasteiger partial charge < -0.3 is 39.8 Å². The molecule has 2 fully saturated rings. The molecular weight excluding hydrogens is 755 g/mol. The number of piperidine rings is 1. The molecule has 1 saturated carbocycles. The van der Waals surface area contributed by atoms with Crippen LogP contribution in [0.1, 0.15) is 114 Å². The zero-order valence-corrected chi connectivity index (χ0v) is 38.4. The van der Waals surface area contributed by atoms with Gasteiger partial charge in [-0.1, -0.05) is 85.2 Å². The molecule has 2 aliphatic rings. The van der Waals surface area contributed by atoms with Crippen LogP contribution < -0.4 is 10.6 Å². The van der Waals surface area contributed by atoms with Crippen LogP contribution >= 0.6 is 0 Å². The van der Waals surface area contributed by atoms with Crippen molar-refractivity contribution in [3.8, 4) is 0 Å². The molecule has 1 aromatic carbocycles. The third-order valence-electron chi connectivity index (χ3n) is 12.3. The van der Waals surface area contributed by atoms with Gasteiger partial charge in [0, 0.05) is 34.4 Å². The zero-order valence-electron chi connectivity index (χ0n) is 38.4. The zero-order chi connectivity index (χ0) is 44.7. The maximum Gasteiger partial charge on any atom is 0.410 e. The number of likely N-dealkylation sites (N-methyl/N-ethyl adjacent to an activating group) is 2. The van der Waals surface area contributed by atoms with E-state index >= 15 is 0 Å². The summed E-state index contributed by atoms with van der Waals surface area (Å²) in [4.78, 5) is 74.3. The van der Waals surface area contributed by atoms with Crippen LogP contribution in [0.25, 0.3) is 0 Å². The molecule has 59 heavy (non-hydrogen) atoms. The lowest BCUT2D eigenvalue weighted by atomic mass is 9.89. The highest BCUT2D eigenvalue weighted by Crippen LogP contribution is 2.50. The van der Waals surface area contributed by atoms with E-state index in [1.54, 1.807) is 60.8 Å². The van der Waals surface area contributed by atoms with Crippen molar-refractivity contribution in [3.05, 3.63) is 35.9 Å². The smallest absolute Gasteiger partial charge is 0.410 e. The monoisotopic (exact) mass is 830 g/mol. The van der Waals surface area contributed by atoms with Gasteiger partial charge in [-0.2, -0.15) is 0 Å². The first-order chi connectivity index (χ1) is 27.5. The van der Waals surface area contributed by atoms with Crippen molar-refractivity contribution in [2.75, 3.05) is 28.3 Å². The van der Waals surface area contributed by atoms with E-state index in [1.165, 1.54) is 11.9 Å². The number of nitrogens with zero attached hydrogens (tertiary/aromatic N) is 3. The molecule has 1 saturated heterocycles. The van der Waals surface area contributed by atoms with Gasteiger partial charge in [0.05, 0.1) is 48.8 Å². The number of carbonyl (C=O) groups excluding carboxylic acids is 5. The van der Waals surface area contributed by atoms with Crippen molar-refractivity contribution in [1.29, 1.82) is 0 Å². The summed E-state index contributed by atoms with van der Waals surface area (Å²) in [6, 6.07) is 5.95. The van der Waals surface area contributed by atoms with Gasteiger partial charge in [-0.25, -0.2) is 4.79 Å². The van der Waals surface area contributed by atoms with Crippen LogP contribution in [0.3, 0.4) is 0 Å². The lowest BCUT2D eigenvalue weighted by Crippen LogP contribution is -2.60. The molecule has 1 heterocycles. The van der Waals surface area contributed by atoms with Gasteiger partial charge in [0.2, 0.25) is 23.6 Å². The summed E-state index contributed by atoms with van der Waals surface area (Å²) < 4.78 is 17.6. The fourth-order valence-corrected chi connectivity index (χ4v) is 8.73. The number of nitrogens with one attached hydrogen (secondary N) is 2. The minimum absolute atomic E-state index is 0.00499. The number of hydrogen-bond acceptors (Lipinski definition) is 9. The van der Waals surface area contributed by atoms with E-state index in [2.05, 4.69) is 10.6 Å². The topological polar surface area (TPSA) is 167 Å². The number of methoxy groups -OCH3 is 2. The molecule has 1 aliphatic heterocycles. The second kappa shape index (κ2) is 21.2. The summed E-state index contributed by atoms with van der Waals surface area (Å²) in [5.74, 6) is -2.20. The molecule has 1 aromatic rings. The van der Waals surface area contributed by atoms with E-state index in [1.807, 2.05) is 76.8 Å². The second-order valence-corrected chi connectivity index (χ2v) is 18.6. The number of benzene rings is 1. The van der Waals surface area contributed by atoms with Crippen LogP contribution in [0.4, 0.5) is 4.79 Å². The van der Waals surface area contributed by atoms with Crippen molar-refractivity contribution in [1.82, 2.24) is 25.3 Å². The highest BCUT2D eigenvalue weighted by molar-refractivity contribution is 5.92. The molecule has 0 bridgehead atoms. The third kappa shape index (κ3) is 12.4. The first-order valence-corrected chi connectivity index (χ1v) is 21.4. The summed E-state index contributed by atoms with van der Waals surface area (Å²) in [5, 5.41) is 16.8. The first-order valence-electron chi connectivity index (χ1n) is 21.4. The number of fused-ring (bicyclic) bond motifs is 1. The Morgan fingerprint density at radius 2 is 1.47 bits per heavy atom. The number of hydrogen-bond donors (Lipinski definition) is 3. The Morgan fingerprint density at radius 3 is 1.98 bits per heavy atom. The number of amides is 5. The summed E-state index contributed by atoms with van der Waals surface area (Å²) in [6.45, 7) is 20.2. The third-order valence-corrected chi connectivity index (χ3v) is 12.3. The second-order valence-electron chi connectivity index (χ2n) is 18.6. The van der Waals surface area contributed by atoms with Gasteiger partial charge >= 0.3 is 6.09 Å². The van der Waals surface area contributed by atoms with E-state index < -0.39 is 66.0 Å². The molecule has 334 valence electrons. The Morgan fingerprint density at radius 1 is 0.864 bits per heavy atom. The van der Waals surface area contributed by atoms with Crippen LogP contribution in [0.2, 0.25) is 0 Å². The van der Waals surface area contributed by atoms with Crippen molar-refractivity contribution in [2.45, 2.75) is 162 Å². The van der Waals surface area contributed by atoms with Crippen LogP contribution in [0.5, 0.6) is 0 Å². The normalized spacial score (nSPS) is 22.2. The summed E-state index contributed by atoms with van der Waals surface area (Å²) in [7, 11) is 6.32. The maximum atomic E-state index is 14.5. The van der Waals surface area contributed by atoms with Crippen LogP contribution in [0.15, 0.2) is 30.3 Å². The van der Waals surface area contributed by atoms with Crippen LogP contribution in [-0.2, 0) is 33.4 Å². The van der Waals surface area contributed by atoms with Crippen molar-refractivity contribution < 1.29 is 43.3 Å². The molecule has 14 heteroatoms. The largest absolute Gasteiger partial charge is 0.444 e. The van der Waals surface area contributed by atoms with E-state index in [9.17, 15) is 29.1 Å². The minimum Gasteiger partial charge on any atom is -0.444 e. The van der Waals surface area contributed by atoms with E-state index in [0.717, 1.165) is 6.42 Å². The molecule has 0 radical (unpaired) electrons. The summed E-state index contributed by atoms with van der Waals surface area (Å²) in [6.07, 6.45) is -0.542. The van der Waals surface area contributed by atoms with Crippen LogP contribution in [-0.4, -0.2) is 132 Å². The average molecular weight is 830 g/mol. The van der Waals surface area contributed by atoms with Gasteiger partial charge in [0.1, 0.15) is 17.7 Å². The number of ether oxygens (including phenoxy) is 3. The fraction of sp³-hybridized carbons (Fsp3) is 0.756.